The molecule has 0 saturated carbocycles. The van der Waals surface area contributed by atoms with Crippen molar-refractivity contribution in [2.45, 2.75) is 20.3 Å². The van der Waals surface area contributed by atoms with Crippen molar-refractivity contribution >= 4 is 12.0 Å². The third-order valence-corrected chi connectivity index (χ3v) is 4.16. The van der Waals surface area contributed by atoms with E-state index in [0.717, 1.165) is 33.9 Å². The van der Waals surface area contributed by atoms with Crippen LogP contribution in [0, 0.1) is 26.0 Å². The van der Waals surface area contributed by atoms with Gasteiger partial charge in [0, 0.05) is 58.9 Å². The van der Waals surface area contributed by atoms with Gasteiger partial charge in [0.15, 0.2) is 0 Å². The molecular weight excluding hydrogens is 699 g/mol. The van der Waals surface area contributed by atoms with E-state index in [1.54, 1.807) is 0 Å². The van der Waals surface area contributed by atoms with Gasteiger partial charge in [0.2, 0.25) is 0 Å². The molecular formula is C23H21NO3RbReY-3. The maximum Gasteiger partial charge on any atom is 1.00 e. The van der Waals surface area contributed by atoms with Crippen molar-refractivity contribution < 1.29 is 126 Å². The minimum absolute atomic E-state index is 0. The molecule has 0 saturated heterocycles. The maximum atomic E-state index is 8.24. The summed E-state index contributed by atoms with van der Waals surface area (Å²) in [6.45, 7) is 12.9. The standard InChI is InChI=1S/C22H20NO.CHO2.Rb.Re.Y/c1-15-10-11-20(12-16(15)2)18(4)17(3)13-21-14-23-22(24-21)19-8-6-5-7-9-19;2-1-3;;;/h5-12H,2,4,13H2,1,3H3;(H,2,3);;;/q-3;-1;+1;;. The van der Waals surface area contributed by atoms with Gasteiger partial charge in [-0.25, -0.2) is 17.2 Å². The Morgan fingerprint density at radius 3 is 2.47 bits per heavy atom. The molecule has 0 aliphatic heterocycles. The van der Waals surface area contributed by atoms with Crippen molar-refractivity contribution in [2.75, 3.05) is 0 Å². The first kappa shape index (κ1) is 32.4. The van der Waals surface area contributed by atoms with E-state index >= 15 is 0 Å². The van der Waals surface area contributed by atoms with Crippen molar-refractivity contribution in [3.05, 3.63) is 96.6 Å². The van der Waals surface area contributed by atoms with Crippen LogP contribution in [0.3, 0.4) is 0 Å². The number of hydrogen-bond acceptors (Lipinski definition) is 3. The Balaban J connectivity index is 0. The summed E-state index contributed by atoms with van der Waals surface area (Å²) in [4.78, 5) is 12.5. The Morgan fingerprint density at radius 1 is 1.30 bits per heavy atom. The second-order valence-electron chi connectivity index (χ2n) is 6.09. The van der Waals surface area contributed by atoms with Crippen LogP contribution in [0.25, 0.3) is 17.0 Å². The molecule has 2 radical (unpaired) electrons. The summed E-state index contributed by atoms with van der Waals surface area (Å²) in [6.07, 6.45) is 3.61. The molecule has 1 heterocycles. The molecule has 0 atom stereocenters. The summed E-state index contributed by atoms with van der Waals surface area (Å²) in [6, 6.07) is 16.1. The molecule has 0 aliphatic carbocycles. The average Bonchev–Trinajstić information content (AvgIpc) is 3.13. The van der Waals surface area contributed by atoms with E-state index in [1.165, 1.54) is 5.56 Å². The van der Waals surface area contributed by atoms with Gasteiger partial charge < -0.3 is 19.3 Å². The monoisotopic (exact) mass is 720 g/mol. The summed E-state index contributed by atoms with van der Waals surface area (Å²) in [5, 5.41) is 6.76. The normalized spacial score (nSPS) is 8.87. The number of aryl methyl sites for hydroxylation is 1. The number of nitrogens with zero attached hydrogens (tertiary/aromatic N) is 1. The van der Waals surface area contributed by atoms with Crippen molar-refractivity contribution in [3.8, 4) is 11.5 Å². The number of oxazole rings is 1. The number of allylic oxidation sites excluding steroid dienone is 1. The van der Waals surface area contributed by atoms with Crippen LogP contribution in [0.4, 0.5) is 0 Å². The third kappa shape index (κ3) is 9.76. The second kappa shape index (κ2) is 16.8. The Hall–Kier alpha value is 0.171. The molecule has 4 nitrogen and oxygen atoms in total. The van der Waals surface area contributed by atoms with E-state index in [-0.39, 0.29) is 111 Å². The van der Waals surface area contributed by atoms with E-state index in [9.17, 15) is 0 Å². The summed E-state index contributed by atoms with van der Waals surface area (Å²) in [7, 11) is 0. The van der Waals surface area contributed by atoms with Crippen LogP contribution in [0.2, 0.25) is 0 Å². The van der Waals surface area contributed by atoms with Crippen LogP contribution >= 0.6 is 0 Å². The van der Waals surface area contributed by atoms with Crippen molar-refractivity contribution in [3.63, 3.8) is 0 Å². The third-order valence-electron chi connectivity index (χ3n) is 4.16. The average molecular weight is 720 g/mol. The zero-order valence-corrected chi connectivity index (χ0v) is 27.9. The van der Waals surface area contributed by atoms with Crippen molar-refractivity contribution in [1.29, 1.82) is 0 Å². The van der Waals surface area contributed by atoms with Gasteiger partial charge in [-0.2, -0.15) is 30.5 Å². The summed E-state index contributed by atoms with van der Waals surface area (Å²) in [5.41, 5.74) is 5.24. The number of benzene rings is 2. The molecule has 3 rings (SSSR count). The second-order valence-corrected chi connectivity index (χ2v) is 6.09. The maximum absolute atomic E-state index is 8.24. The first-order chi connectivity index (χ1) is 13.0. The molecule has 7 heteroatoms. The number of aromatic nitrogens is 1. The fourth-order valence-corrected chi connectivity index (χ4v) is 2.51. The zero-order valence-electron chi connectivity index (χ0n) is 17.4. The number of hydrogen-bond donors (Lipinski definition) is 1. The Bertz CT molecular complexity index is 916. The van der Waals surface area contributed by atoms with Gasteiger partial charge in [-0.1, -0.05) is 50.7 Å². The van der Waals surface area contributed by atoms with Crippen LogP contribution in [-0.2, 0) is 64.3 Å². The molecule has 3 aromatic rings. The van der Waals surface area contributed by atoms with Gasteiger partial charge in [0.05, 0.1) is 5.89 Å². The first-order valence-electron chi connectivity index (χ1n) is 8.35. The van der Waals surface area contributed by atoms with Crippen molar-refractivity contribution in [2.24, 2.45) is 0 Å². The largest absolute Gasteiger partial charge is 1.00 e. The summed E-state index contributed by atoms with van der Waals surface area (Å²) in [5.74, 6) is 2.44. The predicted octanol–water partition coefficient (Wildman–Crippen LogP) is 2.09. The van der Waals surface area contributed by atoms with Gasteiger partial charge in [-0.05, 0) is 12.0 Å². The SMILES string of the molecule is C=C(c1ccc(C)c([CH2-])c1)[C-](C)Cc1[c-]nc(-c2ccccc2)o1.O=[C-]O.[Rb+].[Re].[Y]. The van der Waals surface area contributed by atoms with E-state index in [2.05, 4.69) is 56.7 Å². The quantitative estimate of drug-likeness (QED) is 0.411. The topological polar surface area (TPSA) is 63.3 Å². The molecule has 0 unspecified atom stereocenters. The molecule has 0 spiro atoms. The first-order valence-corrected chi connectivity index (χ1v) is 8.35. The van der Waals surface area contributed by atoms with Gasteiger partial charge >= 0.3 is 58.2 Å². The Kier molecular flexibility index (Phi) is 18.1. The van der Waals surface area contributed by atoms with E-state index < -0.39 is 0 Å². The van der Waals surface area contributed by atoms with Gasteiger partial charge in [0.25, 0.3) is 0 Å². The van der Waals surface area contributed by atoms with Gasteiger partial charge in [0.1, 0.15) is 0 Å². The Labute approximate surface area is 266 Å². The van der Waals surface area contributed by atoms with Crippen LogP contribution in [0.15, 0.2) is 59.5 Å². The van der Waals surface area contributed by atoms with Crippen LogP contribution in [0.1, 0.15) is 29.4 Å². The molecule has 0 aliphatic rings. The molecule has 1 N–H and O–H groups in total. The molecule has 2 aromatic carbocycles. The fourth-order valence-electron chi connectivity index (χ4n) is 2.51. The minimum atomic E-state index is 0. The molecule has 0 fully saturated rings. The summed E-state index contributed by atoms with van der Waals surface area (Å²) >= 11 is 0. The molecule has 0 bridgehead atoms. The molecule has 150 valence electrons. The van der Waals surface area contributed by atoms with E-state index in [4.69, 9.17) is 14.3 Å². The molecule has 0 amide bonds. The summed E-state index contributed by atoms with van der Waals surface area (Å²) < 4.78 is 5.83. The number of aliphatic hydroxyl groups excluding tert-OH is 1. The van der Waals surface area contributed by atoms with Crippen LogP contribution < -0.4 is 58.2 Å². The van der Waals surface area contributed by atoms with Crippen LogP contribution in [-0.4, -0.2) is 16.6 Å². The number of rotatable bonds is 5. The van der Waals surface area contributed by atoms with Gasteiger partial charge in [-0.3, -0.25) is 0 Å². The van der Waals surface area contributed by atoms with Gasteiger partial charge in [-0.15, -0.1) is 18.3 Å². The van der Waals surface area contributed by atoms with Crippen LogP contribution in [0.5, 0.6) is 0 Å². The zero-order chi connectivity index (χ0) is 19.8. The fraction of sp³-hybridized carbons (Fsp3) is 0.130. The minimum Gasteiger partial charge on any atom is -0.665 e. The van der Waals surface area contributed by atoms with Crippen molar-refractivity contribution in [1.82, 2.24) is 4.98 Å². The van der Waals surface area contributed by atoms with E-state index in [1.807, 2.05) is 30.3 Å². The Morgan fingerprint density at radius 2 is 1.90 bits per heavy atom. The molecule has 1 aromatic heterocycles. The molecule has 30 heavy (non-hydrogen) atoms. The predicted molar refractivity (Wildman–Crippen MR) is 106 cm³/mol. The van der Waals surface area contributed by atoms with E-state index in [0.29, 0.717) is 18.8 Å². The smallest absolute Gasteiger partial charge is 0.665 e.